The molecule has 0 spiro atoms. The number of ether oxygens (including phenoxy) is 2. The Bertz CT molecular complexity index is 488. The Balaban J connectivity index is 1.94. The van der Waals surface area contributed by atoms with E-state index in [2.05, 4.69) is 10.6 Å². The standard InChI is InChI=1S/C14H18F2N2O3/c1-2-3-17-6-9-4-11(15)13(12(16)5-9)20-8-10-7-18-14(19)21-10/h4-5,10,17H,2-3,6-8H2,1H3,(H,18,19). The third kappa shape index (κ3) is 4.29. The summed E-state index contributed by atoms with van der Waals surface area (Å²) >= 11 is 0. The number of hydrogen-bond donors (Lipinski definition) is 2. The zero-order valence-corrected chi connectivity index (χ0v) is 11.7. The van der Waals surface area contributed by atoms with Crippen molar-refractivity contribution in [3.05, 3.63) is 29.3 Å². The lowest BCUT2D eigenvalue weighted by Gasteiger charge is -2.13. The van der Waals surface area contributed by atoms with Crippen LogP contribution in [-0.2, 0) is 11.3 Å². The van der Waals surface area contributed by atoms with Crippen LogP contribution in [0.25, 0.3) is 0 Å². The fraction of sp³-hybridized carbons (Fsp3) is 0.500. The molecular weight excluding hydrogens is 282 g/mol. The molecule has 0 saturated carbocycles. The van der Waals surface area contributed by atoms with Crippen molar-refractivity contribution in [3.8, 4) is 5.75 Å². The van der Waals surface area contributed by atoms with Gasteiger partial charge in [0.05, 0.1) is 6.54 Å². The summed E-state index contributed by atoms with van der Waals surface area (Å²) in [6.07, 6.45) is -0.149. The number of hydrogen-bond acceptors (Lipinski definition) is 4. The Morgan fingerprint density at radius 1 is 1.43 bits per heavy atom. The zero-order chi connectivity index (χ0) is 15.2. The molecule has 1 amide bonds. The van der Waals surface area contributed by atoms with E-state index in [4.69, 9.17) is 9.47 Å². The number of benzene rings is 1. The fourth-order valence-corrected chi connectivity index (χ4v) is 1.96. The third-order valence-electron chi connectivity index (χ3n) is 2.98. The third-order valence-corrected chi connectivity index (χ3v) is 2.98. The van der Waals surface area contributed by atoms with Crippen LogP contribution in [-0.4, -0.2) is 31.9 Å². The first-order valence-corrected chi connectivity index (χ1v) is 6.86. The molecule has 0 bridgehead atoms. The zero-order valence-electron chi connectivity index (χ0n) is 11.7. The maximum Gasteiger partial charge on any atom is 0.407 e. The molecule has 5 nitrogen and oxygen atoms in total. The maximum atomic E-state index is 13.9. The lowest BCUT2D eigenvalue weighted by atomic mass is 10.2. The first kappa shape index (κ1) is 15.5. The minimum atomic E-state index is -0.763. The second-order valence-corrected chi connectivity index (χ2v) is 4.78. The van der Waals surface area contributed by atoms with E-state index in [1.807, 2.05) is 6.92 Å². The molecule has 1 aliphatic rings. The Morgan fingerprint density at radius 2 is 2.14 bits per heavy atom. The second-order valence-electron chi connectivity index (χ2n) is 4.78. The highest BCUT2D eigenvalue weighted by atomic mass is 19.1. The Kier molecular flexibility index (Phi) is 5.32. The fourth-order valence-electron chi connectivity index (χ4n) is 1.96. The van der Waals surface area contributed by atoms with Gasteiger partial charge in [-0.1, -0.05) is 6.92 Å². The van der Waals surface area contributed by atoms with E-state index in [0.717, 1.165) is 13.0 Å². The molecule has 1 fully saturated rings. The molecule has 0 aliphatic carbocycles. The first-order chi connectivity index (χ1) is 10.1. The van der Waals surface area contributed by atoms with Crippen molar-refractivity contribution >= 4 is 6.09 Å². The van der Waals surface area contributed by atoms with E-state index in [1.54, 1.807) is 0 Å². The van der Waals surface area contributed by atoms with Crippen LogP contribution in [0.4, 0.5) is 13.6 Å². The highest BCUT2D eigenvalue weighted by Crippen LogP contribution is 2.24. The number of carbonyl (C=O) groups is 1. The van der Waals surface area contributed by atoms with Gasteiger partial charge in [-0.2, -0.15) is 0 Å². The van der Waals surface area contributed by atoms with Gasteiger partial charge < -0.3 is 20.1 Å². The van der Waals surface area contributed by atoms with Crippen LogP contribution in [0, 0.1) is 11.6 Å². The molecule has 1 aliphatic heterocycles. The van der Waals surface area contributed by atoms with Crippen LogP contribution < -0.4 is 15.4 Å². The molecule has 1 aromatic carbocycles. The van der Waals surface area contributed by atoms with Crippen LogP contribution in [0.15, 0.2) is 12.1 Å². The lowest BCUT2D eigenvalue weighted by Crippen LogP contribution is -2.22. The van der Waals surface area contributed by atoms with Gasteiger partial charge in [0.25, 0.3) is 0 Å². The van der Waals surface area contributed by atoms with Crippen molar-refractivity contribution < 1.29 is 23.0 Å². The number of carbonyl (C=O) groups excluding carboxylic acids is 1. The van der Waals surface area contributed by atoms with E-state index in [1.165, 1.54) is 12.1 Å². The molecule has 1 heterocycles. The normalized spacial score (nSPS) is 17.5. The Hall–Kier alpha value is -1.89. The van der Waals surface area contributed by atoms with Crippen LogP contribution in [0.1, 0.15) is 18.9 Å². The maximum absolute atomic E-state index is 13.9. The summed E-state index contributed by atoms with van der Waals surface area (Å²) < 4.78 is 37.6. The number of nitrogens with one attached hydrogen (secondary N) is 2. The van der Waals surface area contributed by atoms with Gasteiger partial charge in [0.2, 0.25) is 0 Å². The van der Waals surface area contributed by atoms with E-state index < -0.39 is 29.6 Å². The number of amides is 1. The van der Waals surface area contributed by atoms with E-state index in [0.29, 0.717) is 12.1 Å². The van der Waals surface area contributed by atoms with Gasteiger partial charge in [-0.05, 0) is 30.7 Å². The van der Waals surface area contributed by atoms with Crippen molar-refractivity contribution in [3.63, 3.8) is 0 Å². The molecular formula is C14H18F2N2O3. The monoisotopic (exact) mass is 300 g/mol. The van der Waals surface area contributed by atoms with Crippen molar-refractivity contribution in [2.75, 3.05) is 19.7 Å². The molecule has 1 unspecified atom stereocenters. The molecule has 1 aromatic rings. The number of cyclic esters (lactones) is 1. The summed E-state index contributed by atoms with van der Waals surface area (Å²) in [5.74, 6) is -1.97. The van der Waals surface area contributed by atoms with Crippen LogP contribution >= 0.6 is 0 Å². The molecule has 7 heteroatoms. The number of halogens is 2. The molecule has 2 N–H and O–H groups in total. The van der Waals surface area contributed by atoms with Gasteiger partial charge >= 0.3 is 6.09 Å². The van der Waals surface area contributed by atoms with Gasteiger partial charge in [0.15, 0.2) is 23.5 Å². The largest absolute Gasteiger partial charge is 0.484 e. The van der Waals surface area contributed by atoms with Crippen LogP contribution in [0.2, 0.25) is 0 Å². The van der Waals surface area contributed by atoms with Gasteiger partial charge in [-0.3, -0.25) is 0 Å². The Labute approximate surface area is 121 Å². The molecule has 0 aromatic heterocycles. The van der Waals surface area contributed by atoms with Crippen molar-refractivity contribution in [1.82, 2.24) is 10.6 Å². The molecule has 116 valence electrons. The molecule has 0 radical (unpaired) electrons. The minimum absolute atomic E-state index is 0.0972. The summed E-state index contributed by atoms with van der Waals surface area (Å²) in [5, 5.41) is 5.50. The highest BCUT2D eigenvalue weighted by molar-refractivity contribution is 5.69. The smallest absolute Gasteiger partial charge is 0.407 e. The first-order valence-electron chi connectivity index (χ1n) is 6.86. The van der Waals surface area contributed by atoms with Gasteiger partial charge in [-0.25, -0.2) is 13.6 Å². The predicted octanol–water partition coefficient (Wildman–Crippen LogP) is 1.95. The quantitative estimate of drug-likeness (QED) is 0.756. The summed E-state index contributed by atoms with van der Waals surface area (Å²) in [7, 11) is 0. The van der Waals surface area contributed by atoms with Gasteiger partial charge in [0.1, 0.15) is 6.61 Å². The summed E-state index contributed by atoms with van der Waals surface area (Å²) in [6.45, 7) is 3.35. The van der Waals surface area contributed by atoms with Gasteiger partial charge in [-0.15, -0.1) is 0 Å². The van der Waals surface area contributed by atoms with Crippen molar-refractivity contribution in [2.24, 2.45) is 0 Å². The van der Waals surface area contributed by atoms with E-state index >= 15 is 0 Å². The number of rotatable bonds is 7. The summed E-state index contributed by atoms with van der Waals surface area (Å²) in [5.41, 5.74) is 0.514. The molecule has 21 heavy (non-hydrogen) atoms. The summed E-state index contributed by atoms with van der Waals surface area (Å²) in [6, 6.07) is 2.47. The van der Waals surface area contributed by atoms with Crippen LogP contribution in [0.5, 0.6) is 5.75 Å². The Morgan fingerprint density at radius 3 is 2.71 bits per heavy atom. The molecule has 2 rings (SSSR count). The lowest BCUT2D eigenvalue weighted by molar-refractivity contribution is 0.101. The second kappa shape index (κ2) is 7.21. The SMILES string of the molecule is CCCNCc1cc(F)c(OCC2CNC(=O)O2)c(F)c1. The number of alkyl carbamates (subject to hydrolysis) is 1. The van der Waals surface area contributed by atoms with E-state index in [-0.39, 0.29) is 13.2 Å². The highest BCUT2D eigenvalue weighted by Gasteiger charge is 2.24. The minimum Gasteiger partial charge on any atom is -0.484 e. The van der Waals surface area contributed by atoms with E-state index in [9.17, 15) is 13.6 Å². The average Bonchev–Trinajstić information content (AvgIpc) is 2.84. The topological polar surface area (TPSA) is 59.6 Å². The summed E-state index contributed by atoms with van der Waals surface area (Å²) in [4.78, 5) is 10.8. The average molecular weight is 300 g/mol. The predicted molar refractivity (Wildman–Crippen MR) is 72.1 cm³/mol. The van der Waals surface area contributed by atoms with Crippen molar-refractivity contribution in [2.45, 2.75) is 26.0 Å². The van der Waals surface area contributed by atoms with Gasteiger partial charge in [0, 0.05) is 6.54 Å². The molecule has 1 saturated heterocycles. The van der Waals surface area contributed by atoms with Crippen LogP contribution in [0.3, 0.4) is 0 Å². The van der Waals surface area contributed by atoms with Crippen molar-refractivity contribution in [1.29, 1.82) is 0 Å². The molecule has 1 atom stereocenters.